The van der Waals surface area contributed by atoms with Gasteiger partial charge in [-0.3, -0.25) is 0 Å². The minimum atomic E-state index is -1.40. The number of ether oxygens (including phenoxy) is 1. The molecule has 1 saturated heterocycles. The fourth-order valence-electron chi connectivity index (χ4n) is 1.75. The molecule has 0 radical (unpaired) electrons. The summed E-state index contributed by atoms with van der Waals surface area (Å²) in [6.07, 6.45) is -4.61. The lowest BCUT2D eigenvalue weighted by atomic mass is 10.1. The summed E-state index contributed by atoms with van der Waals surface area (Å²) in [5, 5.41) is 19.1. The second kappa shape index (κ2) is 4.06. The second-order valence-electron chi connectivity index (χ2n) is 3.87. The van der Waals surface area contributed by atoms with E-state index in [-0.39, 0.29) is 5.82 Å². The van der Waals surface area contributed by atoms with Gasteiger partial charge in [-0.15, -0.1) is 0 Å². The average molecular weight is 245 g/mol. The number of rotatable bonds is 1. The molecule has 17 heavy (non-hydrogen) atoms. The third kappa shape index (κ3) is 1.90. The van der Waals surface area contributed by atoms with Gasteiger partial charge in [0, 0.05) is 6.07 Å². The SMILES string of the molecule is C[C@H]1O[C@@H](n2c(F)cc(N)nc2=O)[C@H](O)[C@H]1O. The van der Waals surface area contributed by atoms with Crippen LogP contribution in [0.1, 0.15) is 13.2 Å². The molecule has 1 aromatic rings. The Morgan fingerprint density at radius 2 is 2.18 bits per heavy atom. The van der Waals surface area contributed by atoms with Crippen molar-refractivity contribution in [2.45, 2.75) is 31.5 Å². The normalized spacial score (nSPS) is 32.9. The molecule has 4 N–H and O–H groups in total. The number of nitrogens with two attached hydrogens (primary N) is 1. The third-order valence-electron chi connectivity index (χ3n) is 2.66. The Bertz CT molecular complexity index is 492. The van der Waals surface area contributed by atoms with E-state index < -0.39 is 36.2 Å². The van der Waals surface area contributed by atoms with Crippen LogP contribution in [0.2, 0.25) is 0 Å². The zero-order valence-electron chi connectivity index (χ0n) is 8.95. The van der Waals surface area contributed by atoms with E-state index >= 15 is 0 Å². The Hall–Kier alpha value is -1.51. The standard InChI is InChI=1S/C9H12FN3O4/c1-3-6(14)7(15)8(17-3)13-4(10)2-5(11)12-9(13)16/h2-3,6-8,14-15H,1H3,(H2,11,12,16)/t3-,6+,7-,8-/m1/s1. The topological polar surface area (TPSA) is 111 Å². The van der Waals surface area contributed by atoms with Gasteiger partial charge >= 0.3 is 5.69 Å². The summed E-state index contributed by atoms with van der Waals surface area (Å²) >= 11 is 0. The fraction of sp³-hybridized carbons (Fsp3) is 0.556. The highest BCUT2D eigenvalue weighted by molar-refractivity contribution is 5.24. The van der Waals surface area contributed by atoms with Crippen LogP contribution in [0.15, 0.2) is 10.9 Å². The van der Waals surface area contributed by atoms with Crippen molar-refractivity contribution in [3.8, 4) is 0 Å². The summed E-state index contributed by atoms with van der Waals surface area (Å²) in [7, 11) is 0. The van der Waals surface area contributed by atoms with Crippen LogP contribution in [0, 0.1) is 5.95 Å². The van der Waals surface area contributed by atoms with Crippen molar-refractivity contribution in [3.63, 3.8) is 0 Å². The van der Waals surface area contributed by atoms with Crippen LogP contribution in [-0.4, -0.2) is 38.1 Å². The molecule has 2 rings (SSSR count). The van der Waals surface area contributed by atoms with Crippen LogP contribution in [0.25, 0.3) is 0 Å². The molecule has 1 aliphatic rings. The van der Waals surface area contributed by atoms with Gasteiger partial charge in [-0.25, -0.2) is 9.36 Å². The summed E-state index contributed by atoms with van der Waals surface area (Å²) in [6.45, 7) is 1.50. The summed E-state index contributed by atoms with van der Waals surface area (Å²) in [5.74, 6) is -1.24. The summed E-state index contributed by atoms with van der Waals surface area (Å²) in [4.78, 5) is 14.8. The third-order valence-corrected chi connectivity index (χ3v) is 2.66. The summed E-state index contributed by atoms with van der Waals surface area (Å²) < 4.78 is 19.2. The fourth-order valence-corrected chi connectivity index (χ4v) is 1.75. The predicted molar refractivity (Wildman–Crippen MR) is 54.5 cm³/mol. The maximum absolute atomic E-state index is 13.6. The van der Waals surface area contributed by atoms with Gasteiger partial charge in [0.25, 0.3) is 0 Å². The molecule has 4 atom stereocenters. The van der Waals surface area contributed by atoms with Crippen LogP contribution in [0.4, 0.5) is 10.2 Å². The Morgan fingerprint density at radius 3 is 2.65 bits per heavy atom. The molecule has 1 fully saturated rings. The van der Waals surface area contributed by atoms with Crippen LogP contribution in [0.3, 0.4) is 0 Å². The van der Waals surface area contributed by atoms with E-state index in [4.69, 9.17) is 10.5 Å². The number of halogens is 1. The quantitative estimate of drug-likeness (QED) is 0.525. The molecule has 0 bridgehead atoms. The van der Waals surface area contributed by atoms with E-state index in [1.165, 1.54) is 6.92 Å². The molecule has 2 heterocycles. The molecule has 0 aliphatic carbocycles. The monoisotopic (exact) mass is 245 g/mol. The van der Waals surface area contributed by atoms with Gasteiger partial charge < -0.3 is 20.7 Å². The first kappa shape index (κ1) is 12.0. The number of hydrogen-bond donors (Lipinski definition) is 3. The van der Waals surface area contributed by atoms with Crippen molar-refractivity contribution in [3.05, 3.63) is 22.5 Å². The van der Waals surface area contributed by atoms with E-state index in [1.54, 1.807) is 0 Å². The molecule has 94 valence electrons. The van der Waals surface area contributed by atoms with Gasteiger partial charge in [-0.2, -0.15) is 9.37 Å². The van der Waals surface area contributed by atoms with Crippen molar-refractivity contribution >= 4 is 5.82 Å². The average Bonchev–Trinajstić information content (AvgIpc) is 2.45. The zero-order valence-corrected chi connectivity index (χ0v) is 8.95. The highest BCUT2D eigenvalue weighted by Gasteiger charge is 2.42. The molecule has 1 aromatic heterocycles. The molecular weight excluding hydrogens is 233 g/mol. The van der Waals surface area contributed by atoms with E-state index in [1.807, 2.05) is 0 Å². The van der Waals surface area contributed by atoms with Crippen LogP contribution < -0.4 is 11.4 Å². The first-order valence-corrected chi connectivity index (χ1v) is 4.98. The van der Waals surface area contributed by atoms with Gasteiger partial charge in [0.1, 0.15) is 18.0 Å². The largest absolute Gasteiger partial charge is 0.388 e. The maximum Gasteiger partial charge on any atom is 0.353 e. The summed E-state index contributed by atoms with van der Waals surface area (Å²) in [5.41, 5.74) is 4.22. The van der Waals surface area contributed by atoms with E-state index in [2.05, 4.69) is 4.98 Å². The Morgan fingerprint density at radius 1 is 1.53 bits per heavy atom. The Kier molecular flexibility index (Phi) is 2.86. The lowest BCUT2D eigenvalue weighted by Gasteiger charge is -2.17. The van der Waals surface area contributed by atoms with E-state index in [0.717, 1.165) is 6.07 Å². The van der Waals surface area contributed by atoms with Crippen LogP contribution >= 0.6 is 0 Å². The summed E-state index contributed by atoms with van der Waals surface area (Å²) in [6, 6.07) is 0.840. The molecule has 0 spiro atoms. The minimum absolute atomic E-state index is 0.259. The molecular formula is C9H12FN3O4. The number of aliphatic hydroxyl groups is 2. The number of nitrogen functional groups attached to an aromatic ring is 1. The van der Waals surface area contributed by atoms with Crippen LogP contribution in [0.5, 0.6) is 0 Å². The van der Waals surface area contributed by atoms with Gasteiger partial charge in [-0.1, -0.05) is 0 Å². The first-order valence-electron chi connectivity index (χ1n) is 4.98. The van der Waals surface area contributed by atoms with Crippen molar-refractivity contribution in [1.82, 2.24) is 9.55 Å². The zero-order chi connectivity index (χ0) is 12.7. The number of anilines is 1. The number of aromatic nitrogens is 2. The minimum Gasteiger partial charge on any atom is -0.388 e. The van der Waals surface area contributed by atoms with Gasteiger partial charge in [0.2, 0.25) is 5.95 Å². The predicted octanol–water partition coefficient (Wildman–Crippen LogP) is -1.40. The Balaban J connectivity index is 2.46. The lowest BCUT2D eigenvalue weighted by molar-refractivity contribution is -0.0414. The molecule has 0 saturated carbocycles. The van der Waals surface area contributed by atoms with Gasteiger partial charge in [-0.05, 0) is 6.92 Å². The second-order valence-corrected chi connectivity index (χ2v) is 3.87. The van der Waals surface area contributed by atoms with E-state index in [9.17, 15) is 19.4 Å². The van der Waals surface area contributed by atoms with Crippen molar-refractivity contribution in [2.75, 3.05) is 5.73 Å². The molecule has 0 amide bonds. The molecule has 0 unspecified atom stereocenters. The maximum atomic E-state index is 13.6. The van der Waals surface area contributed by atoms with Gasteiger partial charge in [0.15, 0.2) is 6.23 Å². The molecule has 1 aliphatic heterocycles. The highest BCUT2D eigenvalue weighted by Crippen LogP contribution is 2.28. The van der Waals surface area contributed by atoms with Crippen molar-refractivity contribution in [1.29, 1.82) is 0 Å². The molecule has 0 aromatic carbocycles. The molecule has 8 heteroatoms. The van der Waals surface area contributed by atoms with Crippen molar-refractivity contribution in [2.24, 2.45) is 0 Å². The lowest BCUT2D eigenvalue weighted by Crippen LogP contribution is -2.37. The highest BCUT2D eigenvalue weighted by atomic mass is 19.1. The Labute approximate surface area is 95.3 Å². The molecule has 7 nitrogen and oxygen atoms in total. The van der Waals surface area contributed by atoms with Crippen molar-refractivity contribution < 1.29 is 19.3 Å². The number of nitrogens with zero attached hydrogens (tertiary/aromatic N) is 2. The number of hydrogen-bond acceptors (Lipinski definition) is 6. The van der Waals surface area contributed by atoms with E-state index in [0.29, 0.717) is 4.57 Å². The first-order chi connectivity index (χ1) is 7.91. The van der Waals surface area contributed by atoms with Gasteiger partial charge in [0.05, 0.1) is 6.10 Å². The van der Waals surface area contributed by atoms with Crippen LogP contribution in [-0.2, 0) is 4.74 Å². The smallest absolute Gasteiger partial charge is 0.353 e. The number of aliphatic hydroxyl groups excluding tert-OH is 2.